The molecule has 0 aliphatic heterocycles. The molecule has 1 aromatic rings. The van der Waals surface area contributed by atoms with Gasteiger partial charge in [0.05, 0.1) is 4.92 Å². The fourth-order valence-corrected chi connectivity index (χ4v) is 1.15. The van der Waals surface area contributed by atoms with Crippen LogP contribution < -0.4 is 10.5 Å². The third-order valence-electron chi connectivity index (χ3n) is 2.44. The molecule has 0 unspecified atom stereocenters. The molecule has 0 radical (unpaired) electrons. The van der Waals surface area contributed by atoms with E-state index in [1.54, 1.807) is 6.07 Å². The Morgan fingerprint density at radius 2 is 2.12 bits per heavy atom. The van der Waals surface area contributed by atoms with Gasteiger partial charge in [-0.25, -0.2) is 0 Å². The van der Waals surface area contributed by atoms with Crippen molar-refractivity contribution in [3.63, 3.8) is 0 Å². The molecule has 0 atom stereocenters. The van der Waals surface area contributed by atoms with E-state index in [9.17, 15) is 10.1 Å². The van der Waals surface area contributed by atoms with Crippen molar-refractivity contribution in [3.05, 3.63) is 28.3 Å². The molecular formula is C11H16N2O3. The Morgan fingerprint density at radius 3 is 2.56 bits per heavy atom. The van der Waals surface area contributed by atoms with Crippen LogP contribution in [0.2, 0.25) is 0 Å². The van der Waals surface area contributed by atoms with Gasteiger partial charge < -0.3 is 10.5 Å². The Morgan fingerprint density at radius 1 is 1.50 bits per heavy atom. The summed E-state index contributed by atoms with van der Waals surface area (Å²) in [4.78, 5) is 10.0. The highest BCUT2D eigenvalue weighted by molar-refractivity contribution is 5.60. The van der Waals surface area contributed by atoms with Crippen LogP contribution in [0, 0.1) is 10.1 Å². The summed E-state index contributed by atoms with van der Waals surface area (Å²) in [6.45, 7) is 5.91. The molecule has 0 spiro atoms. The highest BCUT2D eigenvalue weighted by Gasteiger charge is 2.18. The highest BCUT2D eigenvalue weighted by Crippen LogP contribution is 2.28. The number of hydrogen-bond donors (Lipinski definition) is 1. The van der Waals surface area contributed by atoms with Crippen molar-refractivity contribution >= 4 is 11.4 Å². The van der Waals surface area contributed by atoms with Gasteiger partial charge in [0.25, 0.3) is 5.69 Å². The zero-order valence-corrected chi connectivity index (χ0v) is 9.69. The maximum Gasteiger partial charge on any atom is 0.292 e. The number of hydrogen-bond acceptors (Lipinski definition) is 4. The lowest BCUT2D eigenvalue weighted by Gasteiger charge is -2.24. The van der Waals surface area contributed by atoms with Gasteiger partial charge in [0.1, 0.15) is 17.0 Å². The third-order valence-corrected chi connectivity index (χ3v) is 2.44. The normalized spacial score (nSPS) is 11.2. The predicted octanol–water partition coefficient (Wildman–Crippen LogP) is 2.74. The molecule has 16 heavy (non-hydrogen) atoms. The molecule has 1 aromatic carbocycles. The van der Waals surface area contributed by atoms with Crippen LogP contribution >= 0.6 is 0 Å². The van der Waals surface area contributed by atoms with Crippen LogP contribution in [0.1, 0.15) is 27.2 Å². The summed E-state index contributed by atoms with van der Waals surface area (Å²) >= 11 is 0. The summed E-state index contributed by atoms with van der Waals surface area (Å²) in [5, 5.41) is 10.6. The lowest BCUT2D eigenvalue weighted by Crippen LogP contribution is -2.26. The average Bonchev–Trinajstić information content (AvgIpc) is 2.16. The van der Waals surface area contributed by atoms with Crippen LogP contribution in [0.4, 0.5) is 11.4 Å². The van der Waals surface area contributed by atoms with Gasteiger partial charge in [0.2, 0.25) is 0 Å². The molecular weight excluding hydrogens is 208 g/mol. The summed E-state index contributed by atoms with van der Waals surface area (Å²) in [6, 6.07) is 4.40. The van der Waals surface area contributed by atoms with Crippen molar-refractivity contribution < 1.29 is 9.66 Å². The first kappa shape index (κ1) is 12.3. The van der Waals surface area contributed by atoms with E-state index in [2.05, 4.69) is 0 Å². The number of ether oxygens (including phenoxy) is 1. The molecule has 5 heteroatoms. The average molecular weight is 224 g/mol. The van der Waals surface area contributed by atoms with E-state index >= 15 is 0 Å². The summed E-state index contributed by atoms with van der Waals surface area (Å²) in [6.07, 6.45) is 0.837. The topological polar surface area (TPSA) is 78.4 Å². The quantitative estimate of drug-likeness (QED) is 0.484. The van der Waals surface area contributed by atoms with Crippen molar-refractivity contribution in [2.45, 2.75) is 32.8 Å². The molecule has 5 nitrogen and oxygen atoms in total. The molecule has 88 valence electrons. The molecule has 0 heterocycles. The largest absolute Gasteiger partial charge is 0.488 e. The molecule has 1 rings (SSSR count). The first-order chi connectivity index (χ1) is 7.35. The molecule has 0 aliphatic rings. The van der Waals surface area contributed by atoms with E-state index in [-0.39, 0.29) is 17.0 Å². The smallest absolute Gasteiger partial charge is 0.292 e. The van der Waals surface area contributed by atoms with Crippen LogP contribution in [0.15, 0.2) is 18.2 Å². The minimum Gasteiger partial charge on any atom is -0.488 e. The number of nitrogens with zero attached hydrogens (tertiary/aromatic N) is 1. The Kier molecular flexibility index (Phi) is 3.37. The Labute approximate surface area is 94.4 Å². The summed E-state index contributed by atoms with van der Waals surface area (Å²) in [5.74, 6) is 0.551. The minimum absolute atomic E-state index is 0.0957. The lowest BCUT2D eigenvalue weighted by molar-refractivity contribution is -0.383. The van der Waals surface area contributed by atoms with Crippen molar-refractivity contribution in [2.24, 2.45) is 0 Å². The fraction of sp³-hybridized carbons (Fsp3) is 0.455. The van der Waals surface area contributed by atoms with Gasteiger partial charge in [-0.2, -0.15) is 0 Å². The number of benzene rings is 1. The number of nitro groups is 1. The zero-order valence-electron chi connectivity index (χ0n) is 9.69. The van der Waals surface area contributed by atoms with E-state index in [0.29, 0.717) is 5.75 Å². The highest BCUT2D eigenvalue weighted by atomic mass is 16.6. The van der Waals surface area contributed by atoms with Crippen molar-refractivity contribution in [1.29, 1.82) is 0 Å². The molecule has 0 saturated heterocycles. The van der Waals surface area contributed by atoms with Gasteiger partial charge >= 0.3 is 0 Å². The van der Waals surface area contributed by atoms with E-state index < -0.39 is 4.92 Å². The number of rotatable bonds is 4. The Hall–Kier alpha value is -1.78. The summed E-state index contributed by atoms with van der Waals surface area (Å²) in [5.41, 5.74) is 5.28. The second-order valence-corrected chi connectivity index (χ2v) is 4.19. The van der Waals surface area contributed by atoms with Crippen molar-refractivity contribution in [3.8, 4) is 5.75 Å². The molecule has 0 saturated carbocycles. The number of anilines is 1. The van der Waals surface area contributed by atoms with Crippen LogP contribution in [0.5, 0.6) is 5.75 Å². The third kappa shape index (κ3) is 2.85. The monoisotopic (exact) mass is 224 g/mol. The number of nitrogens with two attached hydrogens (primary N) is 1. The minimum atomic E-state index is -0.510. The number of nitro benzene ring substituents is 1. The SMILES string of the molecule is CCC(C)(C)Oc1ccc([N+](=O)[O-])c(N)c1. The van der Waals surface area contributed by atoms with E-state index in [1.165, 1.54) is 12.1 Å². The van der Waals surface area contributed by atoms with Crippen molar-refractivity contribution in [1.82, 2.24) is 0 Å². The molecule has 0 aliphatic carbocycles. The maximum atomic E-state index is 10.6. The van der Waals surface area contributed by atoms with Gasteiger partial charge in [-0.05, 0) is 26.3 Å². The van der Waals surface area contributed by atoms with Crippen LogP contribution in [-0.2, 0) is 0 Å². The number of nitrogen functional groups attached to an aromatic ring is 1. The van der Waals surface area contributed by atoms with E-state index in [4.69, 9.17) is 10.5 Å². The van der Waals surface area contributed by atoms with E-state index in [0.717, 1.165) is 6.42 Å². The standard InChI is InChI=1S/C11H16N2O3/c1-4-11(2,3)16-8-5-6-10(13(14)15)9(12)7-8/h5-7H,4,12H2,1-3H3. The van der Waals surface area contributed by atoms with Gasteiger partial charge in [0.15, 0.2) is 0 Å². The van der Waals surface area contributed by atoms with Gasteiger partial charge in [-0.1, -0.05) is 6.92 Å². The maximum absolute atomic E-state index is 10.6. The molecule has 0 aromatic heterocycles. The molecule has 0 bridgehead atoms. The summed E-state index contributed by atoms with van der Waals surface area (Å²) in [7, 11) is 0. The van der Waals surface area contributed by atoms with Gasteiger partial charge in [0, 0.05) is 12.1 Å². The Bertz CT molecular complexity index is 402. The first-order valence-electron chi connectivity index (χ1n) is 5.08. The molecule has 0 amide bonds. The summed E-state index contributed by atoms with van der Waals surface area (Å²) < 4.78 is 5.66. The second-order valence-electron chi connectivity index (χ2n) is 4.19. The van der Waals surface area contributed by atoms with Gasteiger partial charge in [-0.15, -0.1) is 0 Å². The lowest BCUT2D eigenvalue weighted by atomic mass is 10.1. The second kappa shape index (κ2) is 4.38. The van der Waals surface area contributed by atoms with Crippen LogP contribution in [0.3, 0.4) is 0 Å². The molecule has 2 N–H and O–H groups in total. The zero-order chi connectivity index (χ0) is 12.3. The first-order valence-corrected chi connectivity index (χ1v) is 5.08. The van der Waals surface area contributed by atoms with Crippen molar-refractivity contribution in [2.75, 3.05) is 5.73 Å². The fourth-order valence-electron chi connectivity index (χ4n) is 1.15. The Balaban J connectivity index is 2.94. The van der Waals surface area contributed by atoms with Crippen LogP contribution in [0.25, 0.3) is 0 Å². The van der Waals surface area contributed by atoms with Gasteiger partial charge in [-0.3, -0.25) is 10.1 Å². The van der Waals surface area contributed by atoms with Crippen LogP contribution in [-0.4, -0.2) is 10.5 Å². The van der Waals surface area contributed by atoms with E-state index in [1.807, 2.05) is 20.8 Å². The predicted molar refractivity (Wildman–Crippen MR) is 62.5 cm³/mol. The molecule has 0 fully saturated rings.